The minimum Gasteiger partial charge on any atom is -0.272 e. The Labute approximate surface area is 111 Å². The van der Waals surface area contributed by atoms with E-state index in [0.717, 1.165) is 9.86 Å². The highest BCUT2D eigenvalue weighted by Crippen LogP contribution is 2.25. The van der Waals surface area contributed by atoms with Gasteiger partial charge in [0, 0.05) is 0 Å². The first kappa shape index (κ1) is 12.9. The van der Waals surface area contributed by atoms with E-state index in [2.05, 4.69) is 4.98 Å². The van der Waals surface area contributed by atoms with Crippen LogP contribution in [0.25, 0.3) is 10.2 Å². The van der Waals surface area contributed by atoms with Crippen LogP contribution < -0.4 is 5.14 Å². The monoisotopic (exact) mass is 266 g/mol. The molecule has 2 nitrogen and oxygen atoms in total. The molecule has 0 spiro atoms. The Hall–Kier alpha value is -0.580. The summed E-state index contributed by atoms with van der Waals surface area (Å²) in [4.78, 5) is 4.29. The molecule has 17 heavy (non-hydrogen) atoms. The molecule has 1 aliphatic carbocycles. The minimum atomic E-state index is 0.922. The summed E-state index contributed by atoms with van der Waals surface area (Å²) in [6, 6.07) is 8.02. The molecule has 0 aliphatic heterocycles. The Morgan fingerprint density at radius 2 is 1.59 bits per heavy atom. The number of fused-ring (bicyclic) bond motifs is 1. The van der Waals surface area contributed by atoms with Gasteiger partial charge in [0.2, 0.25) is 0 Å². The van der Waals surface area contributed by atoms with Crippen LogP contribution in [0.5, 0.6) is 0 Å². The first-order chi connectivity index (χ1) is 8.40. The lowest BCUT2D eigenvalue weighted by Crippen LogP contribution is -1.85. The van der Waals surface area contributed by atoms with Gasteiger partial charge in [0.25, 0.3) is 0 Å². The van der Waals surface area contributed by atoms with Crippen molar-refractivity contribution < 1.29 is 0 Å². The molecule has 92 valence electrons. The van der Waals surface area contributed by atoms with Crippen LogP contribution in [-0.2, 0) is 0 Å². The van der Waals surface area contributed by atoms with E-state index < -0.39 is 0 Å². The number of aromatic nitrogens is 1. The van der Waals surface area contributed by atoms with Crippen molar-refractivity contribution in [3.05, 3.63) is 24.3 Å². The van der Waals surface area contributed by atoms with Gasteiger partial charge in [0.05, 0.1) is 10.2 Å². The van der Waals surface area contributed by atoms with Crippen LogP contribution >= 0.6 is 23.3 Å². The van der Waals surface area contributed by atoms with Gasteiger partial charge in [-0.25, -0.2) is 4.98 Å². The Kier molecular flexibility index (Phi) is 5.29. The standard InChI is InChI=1S/C7H6N2S2.C6H12/c8-11-7-9-5-3-1-2-4-6(5)10-7;1-2-4-6-5-3-1/h1-4H,8H2;1-6H2. The number of hydrogen-bond donors (Lipinski definition) is 1. The van der Waals surface area contributed by atoms with E-state index in [-0.39, 0.29) is 0 Å². The fraction of sp³-hybridized carbons (Fsp3) is 0.462. The molecule has 0 bridgehead atoms. The molecular formula is C13H18N2S2. The zero-order valence-electron chi connectivity index (χ0n) is 9.89. The first-order valence-electron chi connectivity index (χ1n) is 6.12. The molecule has 1 aromatic carbocycles. The van der Waals surface area contributed by atoms with Gasteiger partial charge in [-0.3, -0.25) is 5.14 Å². The van der Waals surface area contributed by atoms with Crippen LogP contribution in [0.3, 0.4) is 0 Å². The summed E-state index contributed by atoms with van der Waals surface area (Å²) >= 11 is 2.83. The molecule has 1 heterocycles. The highest BCUT2D eigenvalue weighted by molar-refractivity contribution is 7.99. The maximum Gasteiger partial charge on any atom is 0.165 e. The lowest BCUT2D eigenvalue weighted by molar-refractivity contribution is 0.504. The van der Waals surface area contributed by atoms with Crippen molar-refractivity contribution in [1.29, 1.82) is 0 Å². The molecule has 1 aliphatic rings. The predicted octanol–water partition coefficient (Wildman–Crippen LogP) is 4.60. The summed E-state index contributed by atoms with van der Waals surface area (Å²) in [5.74, 6) is 0. The molecule has 0 atom stereocenters. The van der Waals surface area contributed by atoms with E-state index >= 15 is 0 Å². The highest BCUT2D eigenvalue weighted by atomic mass is 32.2. The van der Waals surface area contributed by atoms with Crippen LogP contribution in [0, 0.1) is 0 Å². The molecule has 1 saturated carbocycles. The first-order valence-corrected chi connectivity index (χ1v) is 7.82. The average Bonchev–Trinajstić information content (AvgIpc) is 2.84. The van der Waals surface area contributed by atoms with Gasteiger partial charge in [-0.2, -0.15) is 0 Å². The van der Waals surface area contributed by atoms with Gasteiger partial charge in [0.1, 0.15) is 0 Å². The van der Waals surface area contributed by atoms with E-state index in [1.54, 1.807) is 11.3 Å². The van der Waals surface area contributed by atoms with Gasteiger partial charge in [0.15, 0.2) is 4.34 Å². The lowest BCUT2D eigenvalue weighted by atomic mass is 10.0. The second-order valence-corrected chi connectivity index (χ2v) is 6.10. The quantitative estimate of drug-likeness (QED) is 0.766. The van der Waals surface area contributed by atoms with Gasteiger partial charge < -0.3 is 0 Å². The molecule has 0 saturated heterocycles. The van der Waals surface area contributed by atoms with Crippen LogP contribution in [0.2, 0.25) is 0 Å². The number of nitrogens with two attached hydrogens (primary N) is 1. The van der Waals surface area contributed by atoms with E-state index in [9.17, 15) is 0 Å². The van der Waals surface area contributed by atoms with Crippen LogP contribution in [0.15, 0.2) is 28.6 Å². The number of hydrogen-bond acceptors (Lipinski definition) is 4. The molecule has 1 aromatic heterocycles. The molecular weight excluding hydrogens is 248 g/mol. The Bertz CT molecular complexity index is 405. The Morgan fingerprint density at radius 1 is 1.00 bits per heavy atom. The number of para-hydroxylation sites is 1. The smallest absolute Gasteiger partial charge is 0.165 e. The number of benzene rings is 1. The molecule has 0 radical (unpaired) electrons. The second kappa shape index (κ2) is 6.99. The summed E-state index contributed by atoms with van der Waals surface area (Å²) in [5.41, 5.74) is 1.03. The molecule has 0 amide bonds. The van der Waals surface area contributed by atoms with Crippen molar-refractivity contribution in [2.24, 2.45) is 5.14 Å². The number of nitrogens with zero attached hydrogens (tertiary/aromatic N) is 1. The minimum absolute atomic E-state index is 0.922. The van der Waals surface area contributed by atoms with Gasteiger partial charge in [-0.15, -0.1) is 11.3 Å². The van der Waals surface area contributed by atoms with Gasteiger partial charge in [-0.1, -0.05) is 50.7 Å². The van der Waals surface area contributed by atoms with Crippen LogP contribution in [-0.4, -0.2) is 4.98 Å². The SMILES string of the molecule is C1CCCCC1.NSc1nc2ccccc2s1. The molecule has 2 N–H and O–H groups in total. The molecule has 0 unspecified atom stereocenters. The maximum absolute atomic E-state index is 5.38. The largest absolute Gasteiger partial charge is 0.272 e. The number of rotatable bonds is 1. The van der Waals surface area contributed by atoms with Crippen LogP contribution in [0.1, 0.15) is 38.5 Å². The summed E-state index contributed by atoms with van der Waals surface area (Å²) in [5, 5.41) is 5.38. The maximum atomic E-state index is 5.38. The Morgan fingerprint density at radius 3 is 2.12 bits per heavy atom. The van der Waals surface area contributed by atoms with Gasteiger partial charge >= 0.3 is 0 Å². The van der Waals surface area contributed by atoms with Gasteiger partial charge in [-0.05, 0) is 24.1 Å². The van der Waals surface area contributed by atoms with Crippen molar-refractivity contribution in [3.8, 4) is 0 Å². The third-order valence-corrected chi connectivity index (χ3v) is 4.54. The van der Waals surface area contributed by atoms with E-state index in [4.69, 9.17) is 5.14 Å². The number of thiazole rings is 1. The van der Waals surface area contributed by atoms with Crippen molar-refractivity contribution in [1.82, 2.24) is 4.98 Å². The summed E-state index contributed by atoms with van der Waals surface area (Å²) in [6.07, 6.45) is 9.00. The summed E-state index contributed by atoms with van der Waals surface area (Å²) in [6.45, 7) is 0. The second-order valence-electron chi connectivity index (χ2n) is 4.19. The summed E-state index contributed by atoms with van der Waals surface area (Å²) in [7, 11) is 0. The van der Waals surface area contributed by atoms with Crippen LogP contribution in [0.4, 0.5) is 0 Å². The van der Waals surface area contributed by atoms with E-state index in [1.807, 2.05) is 24.3 Å². The fourth-order valence-corrected chi connectivity index (χ4v) is 3.27. The van der Waals surface area contributed by atoms with E-state index in [0.29, 0.717) is 0 Å². The van der Waals surface area contributed by atoms with Crippen molar-refractivity contribution >= 4 is 33.5 Å². The molecule has 4 heteroatoms. The lowest BCUT2D eigenvalue weighted by Gasteiger charge is -2.05. The predicted molar refractivity (Wildman–Crippen MR) is 77.4 cm³/mol. The van der Waals surface area contributed by atoms with Crippen molar-refractivity contribution in [2.45, 2.75) is 42.9 Å². The van der Waals surface area contributed by atoms with E-state index in [1.165, 1.54) is 55.2 Å². The molecule has 3 rings (SSSR count). The topological polar surface area (TPSA) is 38.9 Å². The van der Waals surface area contributed by atoms with Crippen molar-refractivity contribution in [2.75, 3.05) is 0 Å². The Balaban J connectivity index is 0.000000153. The summed E-state index contributed by atoms with van der Waals surface area (Å²) < 4.78 is 2.12. The third kappa shape index (κ3) is 3.98. The third-order valence-electron chi connectivity index (χ3n) is 2.88. The zero-order valence-corrected chi connectivity index (χ0v) is 11.5. The molecule has 1 fully saturated rings. The highest BCUT2D eigenvalue weighted by Gasteiger charge is 1.99. The fourth-order valence-electron chi connectivity index (χ4n) is 1.96. The normalized spacial score (nSPS) is 15.4. The zero-order chi connectivity index (χ0) is 11.9. The van der Waals surface area contributed by atoms with Crippen molar-refractivity contribution in [3.63, 3.8) is 0 Å². The average molecular weight is 266 g/mol. The molecule has 2 aromatic rings.